The van der Waals surface area contributed by atoms with Crippen molar-refractivity contribution in [1.29, 1.82) is 0 Å². The van der Waals surface area contributed by atoms with Gasteiger partial charge in [0.05, 0.1) is 12.8 Å². The molecule has 2 N–H and O–H groups in total. The van der Waals surface area contributed by atoms with Gasteiger partial charge in [-0.1, -0.05) is 18.2 Å². The summed E-state index contributed by atoms with van der Waals surface area (Å²) < 4.78 is 5.30. The van der Waals surface area contributed by atoms with E-state index in [-0.39, 0.29) is 0 Å². The molecule has 0 fully saturated rings. The van der Waals surface area contributed by atoms with E-state index in [1.807, 2.05) is 31.2 Å². The monoisotopic (exact) mass is 215 g/mol. The third-order valence-electron chi connectivity index (χ3n) is 2.44. The van der Waals surface area contributed by atoms with E-state index in [9.17, 15) is 0 Å². The van der Waals surface area contributed by atoms with Gasteiger partial charge in [0.15, 0.2) is 0 Å². The van der Waals surface area contributed by atoms with Crippen LogP contribution in [0.4, 0.5) is 5.82 Å². The highest BCUT2D eigenvalue weighted by Gasteiger charge is 2.12. The number of anilines is 1. The van der Waals surface area contributed by atoms with Crippen LogP contribution >= 0.6 is 0 Å². The molecule has 0 saturated heterocycles. The van der Waals surface area contributed by atoms with Crippen LogP contribution in [0.25, 0.3) is 11.1 Å². The van der Waals surface area contributed by atoms with Gasteiger partial charge in [0.1, 0.15) is 17.9 Å². The Morgan fingerprint density at radius 1 is 1.19 bits per heavy atom. The molecule has 2 aromatic rings. The Kier molecular flexibility index (Phi) is 2.72. The van der Waals surface area contributed by atoms with Crippen molar-refractivity contribution < 1.29 is 4.74 Å². The highest BCUT2D eigenvalue weighted by molar-refractivity contribution is 5.79. The Morgan fingerprint density at radius 2 is 1.94 bits per heavy atom. The average Bonchev–Trinajstić information content (AvgIpc) is 2.29. The fraction of sp³-hybridized carbons (Fsp3) is 0.167. The third kappa shape index (κ3) is 1.69. The zero-order chi connectivity index (χ0) is 11.5. The molecule has 4 nitrogen and oxygen atoms in total. The smallest absolute Gasteiger partial charge is 0.135 e. The van der Waals surface area contributed by atoms with Gasteiger partial charge in [0, 0.05) is 11.1 Å². The summed E-state index contributed by atoms with van der Waals surface area (Å²) in [6.07, 6.45) is 1.46. The molecule has 2 rings (SSSR count). The van der Waals surface area contributed by atoms with Crippen molar-refractivity contribution in [2.24, 2.45) is 0 Å². The first-order chi connectivity index (χ1) is 7.74. The van der Waals surface area contributed by atoms with Crippen molar-refractivity contribution in [2.45, 2.75) is 6.92 Å². The standard InChI is InChI=1S/C12H13N3O/c1-8-11(12(13)15-7-14-8)9-5-3-4-6-10(9)16-2/h3-7H,1-2H3,(H2,13,14,15). The number of nitrogens with two attached hydrogens (primary N) is 1. The minimum Gasteiger partial charge on any atom is -0.496 e. The first-order valence-electron chi connectivity index (χ1n) is 4.94. The summed E-state index contributed by atoms with van der Waals surface area (Å²) in [5, 5.41) is 0. The summed E-state index contributed by atoms with van der Waals surface area (Å²) in [6, 6.07) is 7.68. The molecule has 16 heavy (non-hydrogen) atoms. The predicted octanol–water partition coefficient (Wildman–Crippen LogP) is 2.04. The summed E-state index contributed by atoms with van der Waals surface area (Å²) in [4.78, 5) is 8.15. The summed E-state index contributed by atoms with van der Waals surface area (Å²) in [5.41, 5.74) is 8.47. The van der Waals surface area contributed by atoms with E-state index < -0.39 is 0 Å². The molecule has 1 heterocycles. The van der Waals surface area contributed by atoms with Gasteiger partial charge in [0.25, 0.3) is 0 Å². The van der Waals surface area contributed by atoms with Gasteiger partial charge in [-0.25, -0.2) is 9.97 Å². The number of nitrogens with zero attached hydrogens (tertiary/aromatic N) is 2. The second-order valence-electron chi connectivity index (χ2n) is 3.42. The SMILES string of the molecule is COc1ccccc1-c1c(C)ncnc1N. The molecule has 0 aliphatic rings. The molecule has 0 aliphatic heterocycles. The average molecular weight is 215 g/mol. The number of hydrogen-bond acceptors (Lipinski definition) is 4. The van der Waals surface area contributed by atoms with E-state index in [1.54, 1.807) is 7.11 Å². The Morgan fingerprint density at radius 3 is 2.62 bits per heavy atom. The number of methoxy groups -OCH3 is 1. The Labute approximate surface area is 94.1 Å². The van der Waals surface area contributed by atoms with Gasteiger partial charge in [-0.15, -0.1) is 0 Å². The second kappa shape index (κ2) is 4.18. The van der Waals surface area contributed by atoms with Crippen molar-refractivity contribution in [2.75, 3.05) is 12.8 Å². The quantitative estimate of drug-likeness (QED) is 0.832. The summed E-state index contributed by atoms with van der Waals surface area (Å²) >= 11 is 0. The maximum Gasteiger partial charge on any atom is 0.135 e. The van der Waals surface area contributed by atoms with Crippen molar-refractivity contribution in [3.05, 3.63) is 36.3 Å². The highest BCUT2D eigenvalue weighted by Crippen LogP contribution is 2.33. The van der Waals surface area contributed by atoms with E-state index >= 15 is 0 Å². The zero-order valence-electron chi connectivity index (χ0n) is 9.27. The topological polar surface area (TPSA) is 61.0 Å². The van der Waals surface area contributed by atoms with E-state index in [0.717, 1.165) is 22.6 Å². The van der Waals surface area contributed by atoms with Gasteiger partial charge in [-0.3, -0.25) is 0 Å². The minimum atomic E-state index is 0.469. The fourth-order valence-corrected chi connectivity index (χ4v) is 1.68. The number of ether oxygens (including phenoxy) is 1. The van der Waals surface area contributed by atoms with Gasteiger partial charge in [0.2, 0.25) is 0 Å². The summed E-state index contributed by atoms with van der Waals surface area (Å²) in [7, 11) is 1.63. The molecule has 0 aliphatic carbocycles. The van der Waals surface area contributed by atoms with Crippen LogP contribution < -0.4 is 10.5 Å². The Hall–Kier alpha value is -2.10. The van der Waals surface area contributed by atoms with Crippen molar-refractivity contribution in [3.8, 4) is 16.9 Å². The molecule has 82 valence electrons. The molecule has 1 aromatic carbocycles. The van der Waals surface area contributed by atoms with Gasteiger partial charge in [-0.05, 0) is 13.0 Å². The van der Waals surface area contributed by atoms with Crippen LogP contribution in [-0.4, -0.2) is 17.1 Å². The second-order valence-corrected chi connectivity index (χ2v) is 3.42. The van der Waals surface area contributed by atoms with Crippen molar-refractivity contribution >= 4 is 5.82 Å². The normalized spacial score (nSPS) is 10.1. The Balaban J connectivity index is 2.67. The fourth-order valence-electron chi connectivity index (χ4n) is 1.68. The molecular formula is C12H13N3O. The zero-order valence-corrected chi connectivity index (χ0v) is 9.27. The number of nitrogen functional groups attached to an aromatic ring is 1. The molecule has 0 bridgehead atoms. The van der Waals surface area contributed by atoms with E-state index in [1.165, 1.54) is 6.33 Å². The molecular weight excluding hydrogens is 202 g/mol. The van der Waals surface area contributed by atoms with Crippen LogP contribution in [0.1, 0.15) is 5.69 Å². The number of para-hydroxylation sites is 1. The largest absolute Gasteiger partial charge is 0.496 e. The Bertz CT molecular complexity index is 491. The first-order valence-corrected chi connectivity index (χ1v) is 4.94. The molecule has 1 aromatic heterocycles. The lowest BCUT2D eigenvalue weighted by Gasteiger charge is -2.11. The molecule has 4 heteroatoms. The van der Waals surface area contributed by atoms with Gasteiger partial charge < -0.3 is 10.5 Å². The van der Waals surface area contributed by atoms with Gasteiger partial charge in [-0.2, -0.15) is 0 Å². The molecule has 0 radical (unpaired) electrons. The molecule has 0 atom stereocenters. The van der Waals surface area contributed by atoms with E-state index in [2.05, 4.69) is 9.97 Å². The number of rotatable bonds is 2. The van der Waals surface area contributed by atoms with Crippen molar-refractivity contribution in [3.63, 3.8) is 0 Å². The molecule has 0 saturated carbocycles. The number of aryl methyl sites for hydroxylation is 1. The lowest BCUT2D eigenvalue weighted by molar-refractivity contribution is 0.416. The summed E-state index contributed by atoms with van der Waals surface area (Å²) in [6.45, 7) is 1.90. The van der Waals surface area contributed by atoms with Crippen LogP contribution in [0.2, 0.25) is 0 Å². The van der Waals surface area contributed by atoms with Crippen LogP contribution in [0, 0.1) is 6.92 Å². The highest BCUT2D eigenvalue weighted by atomic mass is 16.5. The third-order valence-corrected chi connectivity index (χ3v) is 2.44. The molecule has 0 amide bonds. The van der Waals surface area contributed by atoms with Gasteiger partial charge >= 0.3 is 0 Å². The lowest BCUT2D eigenvalue weighted by Crippen LogP contribution is -1.99. The number of hydrogen-bond donors (Lipinski definition) is 1. The minimum absolute atomic E-state index is 0.469. The lowest BCUT2D eigenvalue weighted by atomic mass is 10.0. The summed E-state index contributed by atoms with van der Waals surface area (Å²) in [5.74, 6) is 1.24. The maximum atomic E-state index is 5.87. The van der Waals surface area contributed by atoms with E-state index in [0.29, 0.717) is 5.82 Å². The van der Waals surface area contributed by atoms with Crippen molar-refractivity contribution in [1.82, 2.24) is 9.97 Å². The maximum absolute atomic E-state index is 5.87. The number of aromatic nitrogens is 2. The predicted molar refractivity (Wildman–Crippen MR) is 63.2 cm³/mol. The van der Waals surface area contributed by atoms with Crippen LogP contribution in [0.3, 0.4) is 0 Å². The molecule has 0 spiro atoms. The van der Waals surface area contributed by atoms with E-state index in [4.69, 9.17) is 10.5 Å². The van der Waals surface area contributed by atoms with Crippen LogP contribution in [-0.2, 0) is 0 Å². The number of benzene rings is 1. The van der Waals surface area contributed by atoms with Crippen LogP contribution in [0.15, 0.2) is 30.6 Å². The first kappa shape index (κ1) is 10.4. The molecule has 0 unspecified atom stereocenters. The van der Waals surface area contributed by atoms with Crippen LogP contribution in [0.5, 0.6) is 5.75 Å².